The third kappa shape index (κ3) is 6.54. The lowest BCUT2D eigenvalue weighted by Crippen LogP contribution is -2.37. The van der Waals surface area contributed by atoms with Crippen molar-refractivity contribution in [2.75, 3.05) is 6.61 Å². The van der Waals surface area contributed by atoms with Crippen molar-refractivity contribution in [3.8, 4) is 5.69 Å². The van der Waals surface area contributed by atoms with Crippen molar-refractivity contribution in [2.24, 2.45) is 0 Å². The molecule has 0 radical (unpaired) electrons. The quantitative estimate of drug-likeness (QED) is 0.226. The van der Waals surface area contributed by atoms with E-state index in [0.717, 1.165) is 6.07 Å². The number of nitrogens with zero attached hydrogens (tertiary/aromatic N) is 2. The second kappa shape index (κ2) is 7.98. The Hall–Kier alpha value is -2.89. The van der Waals surface area contributed by atoms with Crippen LogP contribution in [0.5, 0.6) is 0 Å². The molecule has 0 aliphatic heterocycles. The van der Waals surface area contributed by atoms with E-state index in [4.69, 9.17) is 4.74 Å². The Kier molecular flexibility index (Phi) is 6.28. The monoisotopic (exact) mass is 468 g/mol. The second-order valence-electron chi connectivity index (χ2n) is 6.91. The van der Waals surface area contributed by atoms with Gasteiger partial charge in [0.15, 0.2) is 0 Å². The van der Waals surface area contributed by atoms with Crippen LogP contribution in [0, 0.1) is 0 Å². The van der Waals surface area contributed by atoms with E-state index in [1.165, 1.54) is 17.7 Å². The van der Waals surface area contributed by atoms with Crippen LogP contribution < -0.4 is 11.2 Å². The van der Waals surface area contributed by atoms with Gasteiger partial charge in [-0.2, -0.15) is 0 Å². The number of ether oxygens (including phenoxy) is 1. The lowest BCUT2D eigenvalue weighted by molar-refractivity contribution is -0.139. The molecule has 0 bridgehead atoms. The fraction of sp³-hybridized carbons (Fsp3) is 0.316. The zero-order valence-corrected chi connectivity index (χ0v) is 17.3. The molecule has 31 heavy (non-hydrogen) atoms. The summed E-state index contributed by atoms with van der Waals surface area (Å²) in [6.45, 7) is 5.34. The molecule has 0 aliphatic rings. The predicted molar refractivity (Wildman–Crippen MR) is 107 cm³/mol. The van der Waals surface area contributed by atoms with Crippen LogP contribution in [0.1, 0.15) is 26.2 Å². The number of halogens is 5. The average Bonchev–Trinajstić information content (AvgIpc) is 2.64. The summed E-state index contributed by atoms with van der Waals surface area (Å²) in [5, 5.41) is 0. The minimum atomic E-state index is -9.86. The fourth-order valence-corrected chi connectivity index (χ4v) is 3.27. The van der Waals surface area contributed by atoms with Crippen LogP contribution >= 0.6 is 10.2 Å². The van der Waals surface area contributed by atoms with Gasteiger partial charge in [-0.25, -0.2) is 14.2 Å². The van der Waals surface area contributed by atoms with Gasteiger partial charge in [0.1, 0.15) is 4.90 Å². The van der Waals surface area contributed by atoms with Gasteiger partial charge in [-0.05, 0) is 50.5 Å². The Bertz CT molecular complexity index is 1110. The van der Waals surface area contributed by atoms with Gasteiger partial charge in [-0.15, -0.1) is 0 Å². The molecule has 0 saturated carbocycles. The van der Waals surface area contributed by atoms with Crippen molar-refractivity contribution in [1.29, 1.82) is 0 Å². The summed E-state index contributed by atoms with van der Waals surface area (Å²) in [4.78, 5) is 33.8. The molecule has 1 aromatic heterocycles. The molecule has 0 amide bonds. The molecule has 172 valence electrons. The maximum atomic E-state index is 12.8. The number of esters is 1. The minimum absolute atomic E-state index is 0.145. The van der Waals surface area contributed by atoms with Gasteiger partial charge in [0.05, 0.1) is 12.3 Å². The summed E-state index contributed by atoms with van der Waals surface area (Å²) in [5.41, 5.74) is -1.61. The number of carbonyl (C=O) groups excluding carboxylic acids is 1. The first-order valence-corrected chi connectivity index (χ1v) is 11.0. The molecule has 0 N–H and O–H groups in total. The standard InChI is InChI=1S/C19H21F5N2O4S/c1-14(2)18(28)30-13-5-3-4-11-25-12-10-17(27)26(19(25)29)15-6-8-16(9-7-15)31(20,21,22,23)24/h6-10,12H,1,3-5,11,13H2,2H3. The van der Waals surface area contributed by atoms with Crippen LogP contribution in [0.4, 0.5) is 19.4 Å². The molecule has 6 nitrogen and oxygen atoms in total. The van der Waals surface area contributed by atoms with E-state index < -0.39 is 32.3 Å². The number of hydrogen-bond donors (Lipinski definition) is 0. The van der Waals surface area contributed by atoms with Crippen molar-refractivity contribution in [3.63, 3.8) is 0 Å². The Balaban J connectivity index is 2.12. The summed E-state index contributed by atoms with van der Waals surface area (Å²) in [6.07, 6.45) is 2.86. The average molecular weight is 468 g/mol. The van der Waals surface area contributed by atoms with Gasteiger partial charge in [0, 0.05) is 24.4 Å². The van der Waals surface area contributed by atoms with Crippen LogP contribution in [-0.2, 0) is 16.1 Å². The minimum Gasteiger partial charge on any atom is -0.462 e. The van der Waals surface area contributed by atoms with Crippen molar-refractivity contribution < 1.29 is 29.0 Å². The Morgan fingerprint density at radius 1 is 1.00 bits per heavy atom. The molecule has 2 rings (SSSR count). The van der Waals surface area contributed by atoms with E-state index in [2.05, 4.69) is 6.58 Å². The molecule has 0 fully saturated rings. The van der Waals surface area contributed by atoms with Gasteiger partial charge in [-0.3, -0.25) is 4.79 Å². The molecule has 0 spiro atoms. The maximum absolute atomic E-state index is 12.8. The summed E-state index contributed by atoms with van der Waals surface area (Å²) < 4.78 is 71.0. The number of aryl methyl sites for hydroxylation is 1. The Morgan fingerprint density at radius 3 is 2.16 bits per heavy atom. The normalized spacial score (nSPS) is 13.9. The number of aromatic nitrogens is 2. The highest BCUT2D eigenvalue weighted by atomic mass is 32.5. The topological polar surface area (TPSA) is 70.3 Å². The molecular weight excluding hydrogens is 447 g/mol. The smallest absolute Gasteiger partial charge is 0.335 e. The van der Waals surface area contributed by atoms with E-state index in [9.17, 15) is 33.8 Å². The molecule has 0 aliphatic carbocycles. The third-order valence-electron chi connectivity index (χ3n) is 4.22. The summed E-state index contributed by atoms with van der Waals surface area (Å²) in [5.74, 6) is -0.500. The molecule has 1 aromatic carbocycles. The highest BCUT2D eigenvalue weighted by Gasteiger charge is 2.65. The highest BCUT2D eigenvalue weighted by Crippen LogP contribution is 3.02. The van der Waals surface area contributed by atoms with Gasteiger partial charge >= 0.3 is 21.9 Å². The Morgan fingerprint density at radius 2 is 1.61 bits per heavy atom. The molecule has 0 unspecified atom stereocenters. The first kappa shape index (κ1) is 24.4. The van der Waals surface area contributed by atoms with Gasteiger partial charge in [0.25, 0.3) is 5.56 Å². The van der Waals surface area contributed by atoms with Crippen LogP contribution in [0.25, 0.3) is 5.69 Å². The first-order chi connectivity index (χ1) is 14.1. The van der Waals surface area contributed by atoms with Gasteiger partial charge in [-0.1, -0.05) is 26.0 Å². The summed E-state index contributed by atoms with van der Waals surface area (Å²) in [7, 11) is -9.86. The van der Waals surface area contributed by atoms with E-state index in [0.29, 0.717) is 36.0 Å². The van der Waals surface area contributed by atoms with E-state index in [1.807, 2.05) is 0 Å². The largest absolute Gasteiger partial charge is 0.462 e. The van der Waals surface area contributed by atoms with Gasteiger partial charge < -0.3 is 9.30 Å². The van der Waals surface area contributed by atoms with Crippen molar-refractivity contribution in [2.45, 2.75) is 37.6 Å². The van der Waals surface area contributed by atoms with Crippen LogP contribution in [-0.4, -0.2) is 21.7 Å². The van der Waals surface area contributed by atoms with Gasteiger partial charge in [0.2, 0.25) is 0 Å². The van der Waals surface area contributed by atoms with Crippen molar-refractivity contribution in [3.05, 3.63) is 69.5 Å². The fourth-order valence-electron chi connectivity index (χ4n) is 2.62. The molecule has 12 heteroatoms. The number of unbranched alkanes of at least 4 members (excludes halogenated alkanes) is 2. The summed E-state index contributed by atoms with van der Waals surface area (Å²) >= 11 is 0. The third-order valence-corrected chi connectivity index (χ3v) is 5.38. The number of hydrogen-bond acceptors (Lipinski definition) is 4. The van der Waals surface area contributed by atoms with E-state index >= 15 is 0 Å². The molecule has 0 atom stereocenters. The van der Waals surface area contributed by atoms with Crippen LogP contribution in [0.2, 0.25) is 0 Å². The molecule has 2 aromatic rings. The van der Waals surface area contributed by atoms with Crippen molar-refractivity contribution in [1.82, 2.24) is 9.13 Å². The first-order valence-electron chi connectivity index (χ1n) is 9.10. The van der Waals surface area contributed by atoms with Crippen LogP contribution in [0.3, 0.4) is 0 Å². The highest BCUT2D eigenvalue weighted by molar-refractivity contribution is 8.45. The summed E-state index contributed by atoms with van der Waals surface area (Å²) in [6, 6.07) is 2.64. The number of rotatable bonds is 9. The SMILES string of the molecule is C=C(C)C(=O)OCCCCCn1ccc(=O)n(-c2ccc(S(F)(F)(F)(F)F)cc2)c1=O. The van der Waals surface area contributed by atoms with Crippen molar-refractivity contribution >= 4 is 16.2 Å². The molecule has 1 heterocycles. The van der Waals surface area contributed by atoms with Crippen LogP contribution in [0.15, 0.2) is 63.2 Å². The lowest BCUT2D eigenvalue weighted by Gasteiger charge is -2.40. The van der Waals surface area contributed by atoms with E-state index in [-0.39, 0.29) is 36.5 Å². The number of carbonyl (C=O) groups is 1. The molecule has 0 saturated heterocycles. The molecular formula is C19H21F5N2O4S. The van der Waals surface area contributed by atoms with E-state index in [1.54, 1.807) is 0 Å². The second-order valence-corrected chi connectivity index (χ2v) is 9.31. The lowest BCUT2D eigenvalue weighted by atomic mass is 10.2. The number of benzene rings is 1. The predicted octanol–water partition coefficient (Wildman–Crippen LogP) is 4.95. The Labute approximate surface area is 174 Å². The zero-order chi connectivity index (χ0) is 23.5. The maximum Gasteiger partial charge on any atom is 0.335 e. The zero-order valence-electron chi connectivity index (χ0n) is 16.5.